The van der Waals surface area contributed by atoms with Gasteiger partial charge in [0.15, 0.2) is 5.13 Å². The molecule has 1 saturated heterocycles. The van der Waals surface area contributed by atoms with Crippen molar-refractivity contribution >= 4 is 16.5 Å². The minimum absolute atomic E-state index is 0.558. The summed E-state index contributed by atoms with van der Waals surface area (Å²) in [6.45, 7) is 9.34. The number of nitrogens with zero attached hydrogens (tertiary/aromatic N) is 2. The van der Waals surface area contributed by atoms with Gasteiger partial charge in [0.2, 0.25) is 0 Å². The molecule has 2 heterocycles. The Morgan fingerprint density at radius 3 is 2.82 bits per heavy atom. The van der Waals surface area contributed by atoms with E-state index < -0.39 is 0 Å². The van der Waals surface area contributed by atoms with Crippen LogP contribution in [0.15, 0.2) is 11.6 Å². The maximum Gasteiger partial charge on any atom is 0.182 e. The van der Waals surface area contributed by atoms with E-state index in [1.165, 1.54) is 0 Å². The lowest BCUT2D eigenvalue weighted by Gasteiger charge is -2.36. The first-order valence-electron chi connectivity index (χ1n) is 6.22. The average molecular weight is 255 g/mol. The number of aromatic nitrogens is 1. The van der Waals surface area contributed by atoms with Gasteiger partial charge in [0.25, 0.3) is 0 Å². The van der Waals surface area contributed by atoms with E-state index in [1.54, 1.807) is 11.3 Å². The van der Waals surface area contributed by atoms with Crippen LogP contribution in [0.4, 0.5) is 5.13 Å². The van der Waals surface area contributed by atoms with Gasteiger partial charge in [0, 0.05) is 37.3 Å². The second-order valence-electron chi connectivity index (χ2n) is 4.68. The van der Waals surface area contributed by atoms with Gasteiger partial charge in [-0.1, -0.05) is 13.8 Å². The minimum atomic E-state index is 0.558. The fraction of sp³-hybridized carbons (Fsp3) is 0.750. The molecule has 0 amide bonds. The van der Waals surface area contributed by atoms with Crippen molar-refractivity contribution < 1.29 is 4.74 Å². The van der Waals surface area contributed by atoms with Crippen LogP contribution in [0.5, 0.6) is 0 Å². The molecule has 0 unspecified atom stereocenters. The summed E-state index contributed by atoms with van der Waals surface area (Å²) >= 11 is 1.66. The van der Waals surface area contributed by atoms with Crippen molar-refractivity contribution in [1.82, 2.24) is 9.88 Å². The Hall–Kier alpha value is -0.650. The average Bonchev–Trinajstić information content (AvgIpc) is 2.83. The van der Waals surface area contributed by atoms with Crippen molar-refractivity contribution in [1.29, 1.82) is 0 Å². The van der Waals surface area contributed by atoms with Gasteiger partial charge < -0.3 is 10.1 Å². The molecule has 1 aromatic rings. The van der Waals surface area contributed by atoms with Crippen molar-refractivity contribution in [2.24, 2.45) is 5.92 Å². The zero-order valence-electron chi connectivity index (χ0n) is 10.6. The smallest absolute Gasteiger partial charge is 0.182 e. The van der Waals surface area contributed by atoms with Crippen molar-refractivity contribution in [2.75, 3.05) is 38.2 Å². The number of hydrogen-bond donors (Lipinski definition) is 1. The van der Waals surface area contributed by atoms with Crippen LogP contribution in [0, 0.1) is 5.92 Å². The molecule has 0 aliphatic carbocycles. The lowest BCUT2D eigenvalue weighted by atomic mass is 10.0. The number of nitrogens with one attached hydrogen (secondary N) is 1. The Kier molecular flexibility index (Phi) is 4.76. The maximum atomic E-state index is 5.41. The predicted octanol–water partition coefficient (Wildman–Crippen LogP) is 1.91. The highest BCUT2D eigenvalue weighted by Gasteiger charge is 2.23. The van der Waals surface area contributed by atoms with E-state index in [-0.39, 0.29) is 0 Å². The zero-order valence-corrected chi connectivity index (χ0v) is 11.4. The second-order valence-corrected chi connectivity index (χ2v) is 5.57. The van der Waals surface area contributed by atoms with E-state index in [2.05, 4.69) is 29.0 Å². The van der Waals surface area contributed by atoms with Crippen molar-refractivity contribution in [3.8, 4) is 0 Å². The number of rotatable bonds is 5. The van der Waals surface area contributed by atoms with Crippen molar-refractivity contribution in [3.05, 3.63) is 11.6 Å². The Morgan fingerprint density at radius 2 is 2.24 bits per heavy atom. The third-order valence-electron chi connectivity index (χ3n) is 3.18. The lowest BCUT2D eigenvalue weighted by molar-refractivity contribution is 0.00955. The molecule has 1 aromatic heterocycles. The summed E-state index contributed by atoms with van der Waals surface area (Å²) in [6.07, 6.45) is 1.84. The Balaban J connectivity index is 1.87. The van der Waals surface area contributed by atoms with Crippen LogP contribution in [0.3, 0.4) is 0 Å². The van der Waals surface area contributed by atoms with E-state index >= 15 is 0 Å². The van der Waals surface area contributed by atoms with Crippen LogP contribution in [0.1, 0.15) is 13.8 Å². The van der Waals surface area contributed by atoms with E-state index in [4.69, 9.17) is 4.74 Å². The van der Waals surface area contributed by atoms with Gasteiger partial charge in [-0.3, -0.25) is 4.90 Å². The number of anilines is 1. The van der Waals surface area contributed by atoms with Crippen LogP contribution < -0.4 is 5.32 Å². The SMILES string of the molecule is CC(C)[C@@H](CNc1nccs1)N1CCOCC1. The number of morpholine rings is 1. The monoisotopic (exact) mass is 255 g/mol. The minimum Gasteiger partial charge on any atom is -0.379 e. The highest BCUT2D eigenvalue weighted by Crippen LogP contribution is 2.16. The molecular formula is C12H21N3OS. The molecule has 1 aliphatic rings. The van der Waals surface area contributed by atoms with Crippen LogP contribution in [0.2, 0.25) is 0 Å². The normalized spacial score (nSPS) is 19.5. The van der Waals surface area contributed by atoms with E-state index in [0.29, 0.717) is 12.0 Å². The van der Waals surface area contributed by atoms with Gasteiger partial charge in [-0.2, -0.15) is 0 Å². The molecule has 96 valence electrons. The van der Waals surface area contributed by atoms with Crippen LogP contribution in [-0.4, -0.2) is 48.8 Å². The fourth-order valence-electron chi connectivity index (χ4n) is 2.20. The summed E-state index contributed by atoms with van der Waals surface area (Å²) < 4.78 is 5.41. The van der Waals surface area contributed by atoms with E-state index in [9.17, 15) is 0 Å². The van der Waals surface area contributed by atoms with E-state index in [0.717, 1.165) is 38.0 Å². The number of thiazole rings is 1. The number of ether oxygens (including phenoxy) is 1. The van der Waals surface area contributed by atoms with Crippen LogP contribution >= 0.6 is 11.3 Å². The highest BCUT2D eigenvalue weighted by molar-refractivity contribution is 7.13. The zero-order chi connectivity index (χ0) is 12.1. The molecule has 1 aliphatic heterocycles. The summed E-state index contributed by atoms with van der Waals surface area (Å²) in [5.74, 6) is 0.639. The summed E-state index contributed by atoms with van der Waals surface area (Å²) in [7, 11) is 0. The predicted molar refractivity (Wildman–Crippen MR) is 71.6 cm³/mol. The fourth-order valence-corrected chi connectivity index (χ4v) is 2.74. The molecule has 0 radical (unpaired) electrons. The van der Waals surface area contributed by atoms with E-state index in [1.807, 2.05) is 11.6 Å². The van der Waals surface area contributed by atoms with Gasteiger partial charge in [0.05, 0.1) is 13.2 Å². The molecule has 1 atom stereocenters. The van der Waals surface area contributed by atoms with Crippen LogP contribution in [-0.2, 0) is 4.74 Å². The van der Waals surface area contributed by atoms with Gasteiger partial charge in [-0.25, -0.2) is 4.98 Å². The van der Waals surface area contributed by atoms with Gasteiger partial charge in [-0.05, 0) is 5.92 Å². The molecule has 0 spiro atoms. The molecule has 5 heteroatoms. The second kappa shape index (κ2) is 6.33. The highest BCUT2D eigenvalue weighted by atomic mass is 32.1. The molecule has 17 heavy (non-hydrogen) atoms. The molecule has 0 aromatic carbocycles. The molecule has 2 rings (SSSR count). The Morgan fingerprint density at radius 1 is 1.47 bits per heavy atom. The molecule has 0 saturated carbocycles. The molecule has 1 N–H and O–H groups in total. The largest absolute Gasteiger partial charge is 0.379 e. The molecular weight excluding hydrogens is 234 g/mol. The first-order chi connectivity index (χ1) is 8.27. The van der Waals surface area contributed by atoms with Gasteiger partial charge in [-0.15, -0.1) is 11.3 Å². The summed E-state index contributed by atoms with van der Waals surface area (Å²) in [5, 5.41) is 6.45. The Labute approximate surface area is 107 Å². The maximum absolute atomic E-state index is 5.41. The third kappa shape index (κ3) is 3.66. The lowest BCUT2D eigenvalue weighted by Crippen LogP contribution is -2.49. The van der Waals surface area contributed by atoms with Gasteiger partial charge in [0.1, 0.15) is 0 Å². The molecule has 0 bridgehead atoms. The van der Waals surface area contributed by atoms with Crippen LogP contribution in [0.25, 0.3) is 0 Å². The summed E-state index contributed by atoms with van der Waals surface area (Å²) in [4.78, 5) is 6.78. The summed E-state index contributed by atoms with van der Waals surface area (Å²) in [6, 6.07) is 0.558. The molecule has 1 fully saturated rings. The first-order valence-corrected chi connectivity index (χ1v) is 7.10. The Bertz CT molecular complexity index is 310. The van der Waals surface area contributed by atoms with Crippen molar-refractivity contribution in [3.63, 3.8) is 0 Å². The van der Waals surface area contributed by atoms with Gasteiger partial charge >= 0.3 is 0 Å². The molecule has 4 nitrogen and oxygen atoms in total. The topological polar surface area (TPSA) is 37.4 Å². The summed E-state index contributed by atoms with van der Waals surface area (Å²) in [5.41, 5.74) is 0. The third-order valence-corrected chi connectivity index (χ3v) is 3.91. The standard InChI is InChI=1S/C12H21N3OS/c1-10(2)11(15-4-6-16-7-5-15)9-14-12-13-3-8-17-12/h3,8,10-11H,4-7,9H2,1-2H3,(H,13,14)/t11-/m1/s1. The number of hydrogen-bond acceptors (Lipinski definition) is 5. The first kappa shape index (κ1) is 12.8. The quantitative estimate of drug-likeness (QED) is 0.872. The van der Waals surface area contributed by atoms with Crippen molar-refractivity contribution in [2.45, 2.75) is 19.9 Å².